The molecule has 2 nitrogen and oxygen atoms in total. The fourth-order valence-electron chi connectivity index (χ4n) is 2.36. The Hall–Kier alpha value is -1.31. The van der Waals surface area contributed by atoms with E-state index < -0.39 is 0 Å². The number of aryl methyl sites for hydroxylation is 1. The highest BCUT2D eigenvalue weighted by molar-refractivity contribution is 5.54. The Morgan fingerprint density at radius 2 is 2.33 bits per heavy atom. The second kappa shape index (κ2) is 4.05. The molecule has 0 bridgehead atoms. The predicted molar refractivity (Wildman–Crippen MR) is 58.8 cm³/mol. The van der Waals surface area contributed by atoms with E-state index in [1.165, 1.54) is 5.56 Å². The molecule has 1 N–H and O–H groups in total. The van der Waals surface area contributed by atoms with Crippen molar-refractivity contribution in [3.63, 3.8) is 0 Å². The molecule has 0 radical (unpaired) electrons. The summed E-state index contributed by atoms with van der Waals surface area (Å²) in [4.78, 5) is 10.7. The van der Waals surface area contributed by atoms with Gasteiger partial charge in [-0.25, -0.2) is 0 Å². The lowest BCUT2D eigenvalue weighted by Crippen LogP contribution is -2.21. The number of carbonyl (C=O) groups excluding carboxylic acids is 1. The molecule has 0 spiro atoms. The van der Waals surface area contributed by atoms with E-state index in [0.717, 1.165) is 31.1 Å². The summed E-state index contributed by atoms with van der Waals surface area (Å²) in [7, 11) is 0. The summed E-state index contributed by atoms with van der Waals surface area (Å²) in [5.74, 6) is 0.872. The molecule has 0 saturated carbocycles. The van der Waals surface area contributed by atoms with Gasteiger partial charge in [0.1, 0.15) is 12.0 Å². The third-order valence-electron chi connectivity index (χ3n) is 3.46. The molecule has 1 aliphatic carbocycles. The lowest BCUT2D eigenvalue weighted by molar-refractivity contribution is -0.112. The largest absolute Gasteiger partial charge is 0.508 e. The van der Waals surface area contributed by atoms with Crippen LogP contribution in [0.15, 0.2) is 18.2 Å². The number of hydrogen-bond donors (Lipinski definition) is 1. The van der Waals surface area contributed by atoms with Gasteiger partial charge < -0.3 is 9.90 Å². The van der Waals surface area contributed by atoms with Gasteiger partial charge in [-0.05, 0) is 42.4 Å². The standard InChI is InChI=1S/C13H16O2/c1-9(8-14)11-6-5-10-3-2-4-13(15)12(10)7-11/h2-4,8-9,11,15H,5-7H2,1H3. The van der Waals surface area contributed by atoms with Gasteiger partial charge in [0.2, 0.25) is 0 Å². The number of phenols is 1. The fourth-order valence-corrected chi connectivity index (χ4v) is 2.36. The maximum Gasteiger partial charge on any atom is 0.123 e. The van der Waals surface area contributed by atoms with E-state index in [9.17, 15) is 9.90 Å². The summed E-state index contributed by atoms with van der Waals surface area (Å²) >= 11 is 0. The van der Waals surface area contributed by atoms with Gasteiger partial charge in [0, 0.05) is 5.92 Å². The molecule has 1 aliphatic rings. The van der Waals surface area contributed by atoms with Crippen molar-refractivity contribution in [3.05, 3.63) is 29.3 Å². The highest BCUT2D eigenvalue weighted by Crippen LogP contribution is 2.34. The topological polar surface area (TPSA) is 37.3 Å². The van der Waals surface area contributed by atoms with Crippen LogP contribution in [0, 0.1) is 11.8 Å². The van der Waals surface area contributed by atoms with Crippen LogP contribution in [0.25, 0.3) is 0 Å². The summed E-state index contributed by atoms with van der Waals surface area (Å²) in [6, 6.07) is 5.68. The molecule has 2 atom stereocenters. The van der Waals surface area contributed by atoms with Crippen molar-refractivity contribution in [1.82, 2.24) is 0 Å². The molecule has 0 aliphatic heterocycles. The number of rotatable bonds is 2. The van der Waals surface area contributed by atoms with Crippen LogP contribution in [-0.4, -0.2) is 11.4 Å². The van der Waals surface area contributed by atoms with E-state index in [-0.39, 0.29) is 5.92 Å². The van der Waals surface area contributed by atoms with E-state index >= 15 is 0 Å². The number of hydrogen-bond acceptors (Lipinski definition) is 2. The highest BCUT2D eigenvalue weighted by atomic mass is 16.3. The quantitative estimate of drug-likeness (QED) is 0.751. The third-order valence-corrected chi connectivity index (χ3v) is 3.46. The summed E-state index contributed by atoms with van der Waals surface area (Å²) in [6.45, 7) is 1.96. The van der Waals surface area contributed by atoms with Crippen molar-refractivity contribution in [1.29, 1.82) is 0 Å². The van der Waals surface area contributed by atoms with Gasteiger partial charge in [-0.3, -0.25) is 0 Å². The van der Waals surface area contributed by atoms with Crippen molar-refractivity contribution in [2.45, 2.75) is 26.2 Å². The minimum atomic E-state index is 0.0951. The SMILES string of the molecule is CC(C=O)C1CCc2cccc(O)c2C1. The van der Waals surface area contributed by atoms with Crippen LogP contribution in [0.1, 0.15) is 24.5 Å². The second-order valence-corrected chi connectivity index (χ2v) is 4.41. The van der Waals surface area contributed by atoms with Crippen molar-refractivity contribution in [2.75, 3.05) is 0 Å². The van der Waals surface area contributed by atoms with Crippen molar-refractivity contribution >= 4 is 6.29 Å². The first kappa shape index (κ1) is 10.2. The van der Waals surface area contributed by atoms with Crippen LogP contribution in [0.2, 0.25) is 0 Å². The Morgan fingerprint density at radius 1 is 1.53 bits per heavy atom. The predicted octanol–water partition coefficient (Wildman–Crippen LogP) is 2.33. The average Bonchev–Trinajstić information content (AvgIpc) is 2.28. The number of benzene rings is 1. The lowest BCUT2D eigenvalue weighted by atomic mass is 9.78. The maximum atomic E-state index is 10.7. The van der Waals surface area contributed by atoms with E-state index in [4.69, 9.17) is 0 Å². The number of aldehydes is 1. The summed E-state index contributed by atoms with van der Waals surface area (Å²) in [5.41, 5.74) is 2.28. The fraction of sp³-hybridized carbons (Fsp3) is 0.462. The molecular formula is C13H16O2. The first-order chi connectivity index (χ1) is 7.22. The third kappa shape index (κ3) is 1.89. The zero-order valence-electron chi connectivity index (χ0n) is 8.94. The van der Waals surface area contributed by atoms with Crippen molar-refractivity contribution < 1.29 is 9.90 Å². The van der Waals surface area contributed by atoms with Crippen LogP contribution >= 0.6 is 0 Å². The molecule has 80 valence electrons. The highest BCUT2D eigenvalue weighted by Gasteiger charge is 2.24. The second-order valence-electron chi connectivity index (χ2n) is 4.41. The molecule has 0 heterocycles. The normalized spacial score (nSPS) is 21.8. The molecule has 1 aromatic rings. The van der Waals surface area contributed by atoms with E-state index in [1.807, 2.05) is 13.0 Å². The Labute approximate surface area is 89.9 Å². The Balaban J connectivity index is 2.25. The minimum Gasteiger partial charge on any atom is -0.508 e. The molecule has 15 heavy (non-hydrogen) atoms. The van der Waals surface area contributed by atoms with Gasteiger partial charge in [-0.2, -0.15) is 0 Å². The van der Waals surface area contributed by atoms with Crippen LogP contribution in [-0.2, 0) is 17.6 Å². The Kier molecular flexibility index (Phi) is 2.76. The first-order valence-electron chi connectivity index (χ1n) is 5.47. The molecule has 0 fully saturated rings. The molecule has 0 saturated heterocycles. The van der Waals surface area contributed by atoms with Gasteiger partial charge in [0.15, 0.2) is 0 Å². The molecule has 2 rings (SSSR count). The minimum absolute atomic E-state index is 0.0951. The van der Waals surface area contributed by atoms with Crippen molar-refractivity contribution in [3.8, 4) is 5.75 Å². The van der Waals surface area contributed by atoms with Gasteiger partial charge in [-0.1, -0.05) is 19.1 Å². The van der Waals surface area contributed by atoms with Gasteiger partial charge in [0.25, 0.3) is 0 Å². The lowest BCUT2D eigenvalue weighted by Gasteiger charge is -2.27. The monoisotopic (exact) mass is 204 g/mol. The first-order valence-corrected chi connectivity index (χ1v) is 5.47. The van der Waals surface area contributed by atoms with Crippen molar-refractivity contribution in [2.24, 2.45) is 11.8 Å². The van der Waals surface area contributed by atoms with Gasteiger partial charge in [0.05, 0.1) is 0 Å². The van der Waals surface area contributed by atoms with E-state index in [1.54, 1.807) is 6.07 Å². The summed E-state index contributed by atoms with van der Waals surface area (Å²) < 4.78 is 0. The van der Waals surface area contributed by atoms with Gasteiger partial charge >= 0.3 is 0 Å². The smallest absolute Gasteiger partial charge is 0.123 e. The Morgan fingerprint density at radius 3 is 3.07 bits per heavy atom. The molecule has 2 unspecified atom stereocenters. The molecule has 1 aromatic carbocycles. The molecule has 0 amide bonds. The van der Waals surface area contributed by atoms with Crippen LogP contribution in [0.5, 0.6) is 5.75 Å². The maximum absolute atomic E-state index is 10.7. The number of carbonyl (C=O) groups is 1. The Bertz CT molecular complexity index is 371. The number of fused-ring (bicyclic) bond motifs is 1. The summed E-state index contributed by atoms with van der Waals surface area (Å²) in [5, 5.41) is 9.74. The summed E-state index contributed by atoms with van der Waals surface area (Å²) in [6.07, 6.45) is 3.89. The number of phenolic OH excluding ortho intramolecular Hbond substituents is 1. The van der Waals surface area contributed by atoms with Crippen LogP contribution in [0.4, 0.5) is 0 Å². The van der Waals surface area contributed by atoms with Crippen LogP contribution < -0.4 is 0 Å². The van der Waals surface area contributed by atoms with E-state index in [2.05, 4.69) is 6.07 Å². The zero-order valence-corrected chi connectivity index (χ0v) is 8.94. The molecule has 2 heteroatoms. The molecular weight excluding hydrogens is 188 g/mol. The van der Waals surface area contributed by atoms with Crippen LogP contribution in [0.3, 0.4) is 0 Å². The number of aromatic hydroxyl groups is 1. The zero-order chi connectivity index (χ0) is 10.8. The molecule has 0 aromatic heterocycles. The van der Waals surface area contributed by atoms with E-state index in [0.29, 0.717) is 11.7 Å². The average molecular weight is 204 g/mol. The van der Waals surface area contributed by atoms with Gasteiger partial charge in [-0.15, -0.1) is 0 Å².